The highest BCUT2D eigenvalue weighted by molar-refractivity contribution is 4.89. The number of nitrogens with one attached hydrogen (secondary N) is 1. The molecule has 1 N–H and O–H groups in total. The van der Waals surface area contributed by atoms with Crippen molar-refractivity contribution in [2.75, 3.05) is 32.7 Å². The fourth-order valence-electron chi connectivity index (χ4n) is 2.08. The summed E-state index contributed by atoms with van der Waals surface area (Å²) in [6.07, 6.45) is 6.90. The largest absolute Gasteiger partial charge is 0.354 e. The van der Waals surface area contributed by atoms with Gasteiger partial charge in [0.25, 0.3) is 0 Å². The zero-order valence-corrected chi connectivity index (χ0v) is 9.36. The summed E-state index contributed by atoms with van der Waals surface area (Å²) in [6, 6.07) is 4.19. The van der Waals surface area contributed by atoms with Crippen LogP contribution < -0.4 is 5.32 Å². The van der Waals surface area contributed by atoms with Crippen molar-refractivity contribution in [1.29, 1.82) is 0 Å². The van der Waals surface area contributed by atoms with E-state index in [0.29, 0.717) is 0 Å². The van der Waals surface area contributed by atoms with Crippen molar-refractivity contribution in [1.82, 2.24) is 14.8 Å². The minimum Gasteiger partial charge on any atom is -0.354 e. The highest BCUT2D eigenvalue weighted by atomic mass is 15.2. The Kier molecular flexibility index (Phi) is 4.23. The van der Waals surface area contributed by atoms with Crippen molar-refractivity contribution < 1.29 is 0 Å². The molecular weight excluding hydrogens is 186 g/mol. The van der Waals surface area contributed by atoms with Crippen LogP contribution in [-0.4, -0.2) is 42.2 Å². The summed E-state index contributed by atoms with van der Waals surface area (Å²) in [5, 5.41) is 3.38. The smallest absolute Gasteiger partial charge is 0.0220 e. The third-order valence-electron chi connectivity index (χ3n) is 3.02. The zero-order valence-electron chi connectivity index (χ0n) is 9.36. The molecule has 2 rings (SSSR count). The van der Waals surface area contributed by atoms with E-state index in [4.69, 9.17) is 0 Å². The van der Waals surface area contributed by atoms with Crippen molar-refractivity contribution in [2.24, 2.45) is 0 Å². The predicted octanol–water partition coefficient (Wildman–Crippen LogP) is 1.17. The van der Waals surface area contributed by atoms with Crippen LogP contribution in [0.5, 0.6) is 0 Å². The van der Waals surface area contributed by atoms with Crippen LogP contribution in [0, 0.1) is 0 Å². The molecule has 84 valence electrons. The Balaban J connectivity index is 1.54. The van der Waals surface area contributed by atoms with E-state index in [1.807, 2.05) is 0 Å². The maximum Gasteiger partial charge on any atom is 0.0220 e. The molecule has 0 radical (unpaired) electrons. The van der Waals surface area contributed by atoms with Crippen LogP contribution in [0.4, 0.5) is 0 Å². The SMILES string of the molecule is c1ccn(CCCCN2CCNCC2)c1. The highest BCUT2D eigenvalue weighted by Crippen LogP contribution is 2.00. The average molecular weight is 207 g/mol. The van der Waals surface area contributed by atoms with Gasteiger partial charge in [0.1, 0.15) is 0 Å². The Morgan fingerprint density at radius 1 is 0.933 bits per heavy atom. The van der Waals surface area contributed by atoms with E-state index in [9.17, 15) is 0 Å². The monoisotopic (exact) mass is 207 g/mol. The Morgan fingerprint density at radius 3 is 2.33 bits per heavy atom. The molecule has 3 heteroatoms. The number of unbranched alkanes of at least 4 members (excludes halogenated alkanes) is 1. The first-order chi connectivity index (χ1) is 7.45. The number of aryl methyl sites for hydroxylation is 1. The molecule has 1 aliphatic rings. The van der Waals surface area contributed by atoms with Crippen molar-refractivity contribution >= 4 is 0 Å². The Labute approximate surface area is 92.1 Å². The minimum absolute atomic E-state index is 1.16. The first-order valence-electron chi connectivity index (χ1n) is 5.99. The Hall–Kier alpha value is -0.800. The molecule has 1 aromatic heterocycles. The van der Waals surface area contributed by atoms with E-state index < -0.39 is 0 Å². The Bertz CT molecular complexity index is 250. The van der Waals surface area contributed by atoms with Crippen LogP contribution in [0.15, 0.2) is 24.5 Å². The quantitative estimate of drug-likeness (QED) is 0.732. The van der Waals surface area contributed by atoms with E-state index in [1.165, 1.54) is 39.0 Å². The molecule has 2 heterocycles. The fraction of sp³-hybridized carbons (Fsp3) is 0.667. The first kappa shape index (κ1) is 10.7. The molecule has 0 saturated carbocycles. The topological polar surface area (TPSA) is 20.2 Å². The van der Waals surface area contributed by atoms with Gasteiger partial charge in [-0.15, -0.1) is 0 Å². The number of piperazine rings is 1. The molecule has 0 atom stereocenters. The van der Waals surface area contributed by atoms with Crippen LogP contribution >= 0.6 is 0 Å². The van der Waals surface area contributed by atoms with E-state index >= 15 is 0 Å². The lowest BCUT2D eigenvalue weighted by molar-refractivity contribution is 0.235. The number of nitrogens with zero attached hydrogens (tertiary/aromatic N) is 2. The predicted molar refractivity (Wildman–Crippen MR) is 63.0 cm³/mol. The lowest BCUT2D eigenvalue weighted by Gasteiger charge is -2.27. The normalized spacial score (nSPS) is 18.1. The maximum absolute atomic E-state index is 3.38. The van der Waals surface area contributed by atoms with E-state index in [0.717, 1.165) is 13.1 Å². The summed E-state index contributed by atoms with van der Waals surface area (Å²) < 4.78 is 2.26. The van der Waals surface area contributed by atoms with Crippen LogP contribution in [0.1, 0.15) is 12.8 Å². The molecule has 0 unspecified atom stereocenters. The van der Waals surface area contributed by atoms with Gasteiger partial charge < -0.3 is 14.8 Å². The average Bonchev–Trinajstić information content (AvgIpc) is 2.79. The minimum atomic E-state index is 1.16. The molecule has 3 nitrogen and oxygen atoms in total. The van der Waals surface area contributed by atoms with Crippen molar-refractivity contribution in [3.05, 3.63) is 24.5 Å². The van der Waals surface area contributed by atoms with Gasteiger partial charge in [-0.1, -0.05) is 0 Å². The third kappa shape index (κ3) is 3.68. The molecule has 0 spiro atoms. The second-order valence-corrected chi connectivity index (χ2v) is 4.22. The first-order valence-corrected chi connectivity index (χ1v) is 5.99. The molecule has 0 bridgehead atoms. The van der Waals surface area contributed by atoms with Gasteiger partial charge in [0.15, 0.2) is 0 Å². The van der Waals surface area contributed by atoms with Gasteiger partial charge in [-0.3, -0.25) is 0 Å². The van der Waals surface area contributed by atoms with Crippen molar-refractivity contribution in [3.8, 4) is 0 Å². The van der Waals surface area contributed by atoms with E-state index in [2.05, 4.69) is 39.3 Å². The third-order valence-corrected chi connectivity index (χ3v) is 3.02. The maximum atomic E-state index is 3.38. The second-order valence-electron chi connectivity index (χ2n) is 4.22. The zero-order chi connectivity index (χ0) is 10.3. The van der Waals surface area contributed by atoms with Gasteiger partial charge in [-0.05, 0) is 31.5 Å². The van der Waals surface area contributed by atoms with Gasteiger partial charge in [0.05, 0.1) is 0 Å². The van der Waals surface area contributed by atoms with Gasteiger partial charge in [0.2, 0.25) is 0 Å². The molecule has 1 saturated heterocycles. The molecular formula is C12H21N3. The highest BCUT2D eigenvalue weighted by Gasteiger charge is 2.07. The molecule has 0 aromatic carbocycles. The summed E-state index contributed by atoms with van der Waals surface area (Å²) in [7, 11) is 0. The van der Waals surface area contributed by atoms with Gasteiger partial charge in [-0.25, -0.2) is 0 Å². The van der Waals surface area contributed by atoms with Gasteiger partial charge >= 0.3 is 0 Å². The lowest BCUT2D eigenvalue weighted by Crippen LogP contribution is -2.43. The van der Waals surface area contributed by atoms with Crippen molar-refractivity contribution in [3.63, 3.8) is 0 Å². The van der Waals surface area contributed by atoms with Gasteiger partial charge in [-0.2, -0.15) is 0 Å². The van der Waals surface area contributed by atoms with Crippen LogP contribution in [0.25, 0.3) is 0 Å². The summed E-state index contributed by atoms with van der Waals surface area (Å²) in [5.74, 6) is 0. The standard InChI is InChI=1S/C12H21N3/c1-2-8-14(7-1)9-3-4-10-15-11-5-13-6-12-15/h1-2,7-8,13H,3-6,9-12H2. The van der Waals surface area contributed by atoms with Crippen LogP contribution in [0.2, 0.25) is 0 Å². The molecule has 1 aromatic rings. The van der Waals surface area contributed by atoms with Crippen LogP contribution in [0.3, 0.4) is 0 Å². The summed E-state index contributed by atoms with van der Waals surface area (Å²) >= 11 is 0. The molecule has 0 amide bonds. The second kappa shape index (κ2) is 5.93. The number of hydrogen-bond acceptors (Lipinski definition) is 2. The molecule has 1 aliphatic heterocycles. The summed E-state index contributed by atoms with van der Waals surface area (Å²) in [5.41, 5.74) is 0. The van der Waals surface area contributed by atoms with E-state index in [1.54, 1.807) is 0 Å². The summed E-state index contributed by atoms with van der Waals surface area (Å²) in [6.45, 7) is 7.21. The number of aromatic nitrogens is 1. The van der Waals surface area contributed by atoms with Crippen molar-refractivity contribution in [2.45, 2.75) is 19.4 Å². The van der Waals surface area contributed by atoms with Crippen LogP contribution in [-0.2, 0) is 6.54 Å². The molecule has 0 aliphatic carbocycles. The fourth-order valence-corrected chi connectivity index (χ4v) is 2.08. The lowest BCUT2D eigenvalue weighted by atomic mass is 10.2. The molecule has 15 heavy (non-hydrogen) atoms. The number of hydrogen-bond donors (Lipinski definition) is 1. The van der Waals surface area contributed by atoms with E-state index in [-0.39, 0.29) is 0 Å². The molecule has 1 fully saturated rings. The van der Waals surface area contributed by atoms with Gasteiger partial charge in [0, 0.05) is 45.1 Å². The number of rotatable bonds is 5. The Morgan fingerprint density at radius 2 is 1.60 bits per heavy atom. The summed E-state index contributed by atoms with van der Waals surface area (Å²) in [4.78, 5) is 2.56.